The minimum atomic E-state index is -0.366. The molecule has 0 radical (unpaired) electrons. The molecule has 1 saturated carbocycles. The Morgan fingerprint density at radius 3 is 2.69 bits per heavy atom. The van der Waals surface area contributed by atoms with Crippen molar-refractivity contribution in [2.75, 3.05) is 0 Å². The molecule has 76 valence electrons. The lowest BCUT2D eigenvalue weighted by Gasteiger charge is -2.12. The molecule has 3 heteroatoms. The topological polar surface area (TPSA) is 49.3 Å². The zero-order chi connectivity index (χ0) is 9.68. The highest BCUT2D eigenvalue weighted by Crippen LogP contribution is 2.17. The van der Waals surface area contributed by atoms with E-state index in [4.69, 9.17) is 5.11 Å². The first-order chi connectivity index (χ1) is 6.18. The summed E-state index contributed by atoms with van der Waals surface area (Å²) in [5.74, 6) is 0.0906. The van der Waals surface area contributed by atoms with Crippen molar-refractivity contribution in [1.29, 1.82) is 0 Å². The first-order valence-corrected chi connectivity index (χ1v) is 5.16. The zero-order valence-electron chi connectivity index (χ0n) is 8.25. The molecule has 0 aliphatic heterocycles. The molecule has 1 rings (SSSR count). The van der Waals surface area contributed by atoms with E-state index in [1.165, 1.54) is 12.8 Å². The van der Waals surface area contributed by atoms with E-state index in [1.54, 1.807) is 6.92 Å². The van der Waals surface area contributed by atoms with Crippen LogP contribution in [0.3, 0.4) is 0 Å². The first-order valence-electron chi connectivity index (χ1n) is 5.16. The van der Waals surface area contributed by atoms with Gasteiger partial charge in [-0.2, -0.15) is 0 Å². The summed E-state index contributed by atoms with van der Waals surface area (Å²) in [5, 5.41) is 12.0. The molecule has 1 fully saturated rings. The van der Waals surface area contributed by atoms with Crippen LogP contribution < -0.4 is 5.32 Å². The van der Waals surface area contributed by atoms with Gasteiger partial charge >= 0.3 is 0 Å². The smallest absolute Gasteiger partial charge is 0.220 e. The summed E-state index contributed by atoms with van der Waals surface area (Å²) in [4.78, 5) is 11.3. The lowest BCUT2D eigenvalue weighted by atomic mass is 10.2. The van der Waals surface area contributed by atoms with Crippen molar-refractivity contribution in [2.24, 2.45) is 0 Å². The van der Waals surface area contributed by atoms with Gasteiger partial charge in [0.1, 0.15) is 0 Å². The standard InChI is InChI=1S/C10H19NO2/c1-8(12)6-7-10(13)11-9-4-2-3-5-9/h8-9,12H,2-7H2,1H3,(H,11,13). The zero-order valence-corrected chi connectivity index (χ0v) is 8.25. The van der Waals surface area contributed by atoms with E-state index in [1.807, 2.05) is 0 Å². The maximum atomic E-state index is 11.3. The number of carbonyl (C=O) groups is 1. The second-order valence-corrected chi connectivity index (χ2v) is 3.94. The van der Waals surface area contributed by atoms with Gasteiger partial charge in [-0.1, -0.05) is 12.8 Å². The number of nitrogens with one attached hydrogen (secondary N) is 1. The Morgan fingerprint density at radius 1 is 1.54 bits per heavy atom. The van der Waals surface area contributed by atoms with Crippen LogP contribution in [0.25, 0.3) is 0 Å². The fourth-order valence-electron chi connectivity index (χ4n) is 1.71. The van der Waals surface area contributed by atoms with E-state index in [-0.39, 0.29) is 12.0 Å². The van der Waals surface area contributed by atoms with Crippen LogP contribution in [0.4, 0.5) is 0 Å². The molecule has 0 aromatic carbocycles. The normalized spacial score (nSPS) is 20.2. The Kier molecular flexibility index (Phi) is 4.22. The van der Waals surface area contributed by atoms with Crippen LogP contribution in [-0.4, -0.2) is 23.2 Å². The van der Waals surface area contributed by atoms with Gasteiger partial charge in [-0.25, -0.2) is 0 Å². The van der Waals surface area contributed by atoms with Crippen LogP contribution >= 0.6 is 0 Å². The molecule has 1 amide bonds. The Labute approximate surface area is 79.5 Å². The molecule has 0 saturated heterocycles. The van der Waals surface area contributed by atoms with E-state index in [0.29, 0.717) is 18.9 Å². The highest BCUT2D eigenvalue weighted by molar-refractivity contribution is 5.76. The first kappa shape index (κ1) is 10.5. The summed E-state index contributed by atoms with van der Waals surface area (Å²) in [7, 11) is 0. The molecule has 13 heavy (non-hydrogen) atoms. The predicted molar refractivity (Wildman–Crippen MR) is 51.3 cm³/mol. The van der Waals surface area contributed by atoms with Crippen molar-refractivity contribution in [3.05, 3.63) is 0 Å². The van der Waals surface area contributed by atoms with Crippen molar-refractivity contribution >= 4 is 5.91 Å². The molecular weight excluding hydrogens is 166 g/mol. The van der Waals surface area contributed by atoms with Gasteiger partial charge in [-0.3, -0.25) is 4.79 Å². The monoisotopic (exact) mass is 185 g/mol. The van der Waals surface area contributed by atoms with E-state index in [0.717, 1.165) is 12.8 Å². The second-order valence-electron chi connectivity index (χ2n) is 3.94. The maximum absolute atomic E-state index is 11.3. The highest BCUT2D eigenvalue weighted by atomic mass is 16.3. The van der Waals surface area contributed by atoms with Gasteiger partial charge in [0.05, 0.1) is 6.10 Å². The lowest BCUT2D eigenvalue weighted by Crippen LogP contribution is -2.32. The molecule has 2 N–H and O–H groups in total. The van der Waals surface area contributed by atoms with E-state index < -0.39 is 0 Å². The molecule has 0 aromatic heterocycles. The van der Waals surface area contributed by atoms with Crippen molar-refractivity contribution in [3.63, 3.8) is 0 Å². The summed E-state index contributed by atoms with van der Waals surface area (Å²) < 4.78 is 0. The van der Waals surface area contributed by atoms with Crippen LogP contribution in [0.5, 0.6) is 0 Å². The molecular formula is C10H19NO2. The van der Waals surface area contributed by atoms with E-state index >= 15 is 0 Å². The van der Waals surface area contributed by atoms with Gasteiger partial charge in [0.25, 0.3) is 0 Å². The third kappa shape index (κ3) is 4.27. The molecule has 0 bridgehead atoms. The maximum Gasteiger partial charge on any atom is 0.220 e. The van der Waals surface area contributed by atoms with Crippen LogP contribution in [0.2, 0.25) is 0 Å². The lowest BCUT2D eigenvalue weighted by molar-refractivity contribution is -0.122. The number of hydrogen-bond donors (Lipinski definition) is 2. The summed E-state index contributed by atoms with van der Waals surface area (Å²) in [5.41, 5.74) is 0. The summed E-state index contributed by atoms with van der Waals surface area (Å²) in [6.07, 6.45) is 5.38. The second kappa shape index (κ2) is 5.22. The Balaban J connectivity index is 2.09. The van der Waals surface area contributed by atoms with Crippen molar-refractivity contribution in [1.82, 2.24) is 5.32 Å². The van der Waals surface area contributed by atoms with Gasteiger partial charge < -0.3 is 10.4 Å². The summed E-state index contributed by atoms with van der Waals surface area (Å²) in [6.45, 7) is 1.71. The molecule has 1 aliphatic carbocycles. The van der Waals surface area contributed by atoms with Crippen LogP contribution in [0, 0.1) is 0 Å². The molecule has 3 nitrogen and oxygen atoms in total. The van der Waals surface area contributed by atoms with Gasteiger partial charge in [-0.15, -0.1) is 0 Å². The van der Waals surface area contributed by atoms with Gasteiger partial charge in [0.2, 0.25) is 5.91 Å². The van der Waals surface area contributed by atoms with Crippen molar-refractivity contribution < 1.29 is 9.90 Å². The average molecular weight is 185 g/mol. The SMILES string of the molecule is CC(O)CCC(=O)NC1CCCC1. The number of hydrogen-bond acceptors (Lipinski definition) is 2. The number of amides is 1. The molecule has 0 heterocycles. The largest absolute Gasteiger partial charge is 0.393 e. The number of rotatable bonds is 4. The third-order valence-electron chi connectivity index (χ3n) is 2.51. The molecule has 1 unspecified atom stereocenters. The van der Waals surface area contributed by atoms with E-state index in [2.05, 4.69) is 5.32 Å². The van der Waals surface area contributed by atoms with Crippen LogP contribution in [-0.2, 0) is 4.79 Å². The van der Waals surface area contributed by atoms with Gasteiger partial charge in [0, 0.05) is 12.5 Å². The van der Waals surface area contributed by atoms with Gasteiger partial charge in [-0.05, 0) is 26.2 Å². The summed E-state index contributed by atoms with van der Waals surface area (Å²) in [6, 6.07) is 0.404. The Morgan fingerprint density at radius 2 is 2.15 bits per heavy atom. The molecule has 1 aliphatic rings. The molecule has 1 atom stereocenters. The van der Waals surface area contributed by atoms with E-state index in [9.17, 15) is 4.79 Å². The quantitative estimate of drug-likeness (QED) is 0.691. The minimum Gasteiger partial charge on any atom is -0.393 e. The fraction of sp³-hybridized carbons (Fsp3) is 0.900. The van der Waals surface area contributed by atoms with Crippen molar-refractivity contribution in [3.8, 4) is 0 Å². The molecule has 0 spiro atoms. The number of aliphatic hydroxyl groups excluding tert-OH is 1. The van der Waals surface area contributed by atoms with Crippen LogP contribution in [0.1, 0.15) is 45.4 Å². The van der Waals surface area contributed by atoms with Crippen molar-refractivity contribution in [2.45, 2.75) is 57.6 Å². The van der Waals surface area contributed by atoms with Gasteiger partial charge in [0.15, 0.2) is 0 Å². The third-order valence-corrected chi connectivity index (χ3v) is 2.51. The Hall–Kier alpha value is -0.570. The average Bonchev–Trinajstić information content (AvgIpc) is 2.53. The predicted octanol–water partition coefficient (Wildman–Crippen LogP) is 1.21. The highest BCUT2D eigenvalue weighted by Gasteiger charge is 2.16. The minimum absolute atomic E-state index is 0.0906. The summed E-state index contributed by atoms with van der Waals surface area (Å²) >= 11 is 0. The molecule has 0 aromatic rings. The fourth-order valence-corrected chi connectivity index (χ4v) is 1.71. The van der Waals surface area contributed by atoms with Crippen LogP contribution in [0.15, 0.2) is 0 Å². The number of aliphatic hydroxyl groups is 1. The number of carbonyl (C=O) groups excluding carboxylic acids is 1. The Bertz CT molecular complexity index is 162.